The minimum Gasteiger partial charge on any atom is -0.461 e. The summed E-state index contributed by atoms with van der Waals surface area (Å²) in [5.41, 5.74) is 2.19. The molecule has 2 rings (SSSR count). The van der Waals surface area contributed by atoms with Crippen molar-refractivity contribution in [3.63, 3.8) is 0 Å². The highest BCUT2D eigenvalue weighted by Gasteiger charge is 2.33. The van der Waals surface area contributed by atoms with E-state index in [0.29, 0.717) is 29.1 Å². The van der Waals surface area contributed by atoms with E-state index in [2.05, 4.69) is 0 Å². The van der Waals surface area contributed by atoms with Gasteiger partial charge in [-0.15, -0.1) is 0 Å². The van der Waals surface area contributed by atoms with Gasteiger partial charge in [-0.1, -0.05) is 0 Å². The van der Waals surface area contributed by atoms with Crippen LogP contribution in [0.1, 0.15) is 63.2 Å². The fraction of sp³-hybridized carbons (Fsp3) is 0.458. The predicted molar refractivity (Wildman–Crippen MR) is 119 cm³/mol. The van der Waals surface area contributed by atoms with Gasteiger partial charge in [0.2, 0.25) is 0 Å². The van der Waals surface area contributed by atoms with Gasteiger partial charge in [-0.2, -0.15) is 0 Å². The summed E-state index contributed by atoms with van der Waals surface area (Å²) >= 11 is 0. The quantitative estimate of drug-likeness (QED) is 0.410. The van der Waals surface area contributed by atoms with E-state index in [-0.39, 0.29) is 31.1 Å². The van der Waals surface area contributed by atoms with Crippen LogP contribution in [0.3, 0.4) is 0 Å². The molecule has 0 fully saturated rings. The van der Waals surface area contributed by atoms with Gasteiger partial charge in [0.1, 0.15) is 11.5 Å². The minimum absolute atomic E-state index is 0.178. The summed E-state index contributed by atoms with van der Waals surface area (Å²) < 4.78 is 25.4. The fourth-order valence-electron chi connectivity index (χ4n) is 3.89. The Bertz CT molecular complexity index is 981. The first-order valence-corrected chi connectivity index (χ1v) is 10.7. The van der Waals surface area contributed by atoms with Crippen LogP contribution < -0.4 is 0 Å². The van der Waals surface area contributed by atoms with Crippen LogP contribution in [0.15, 0.2) is 24.3 Å². The highest BCUT2D eigenvalue weighted by molar-refractivity contribution is 6.07. The van der Waals surface area contributed by atoms with Crippen molar-refractivity contribution >= 4 is 17.7 Å². The number of ether oxygens (including phenoxy) is 2. The summed E-state index contributed by atoms with van der Waals surface area (Å²) in [7, 11) is 1.51. The zero-order chi connectivity index (χ0) is 24.0. The molecule has 0 saturated carbocycles. The summed E-state index contributed by atoms with van der Waals surface area (Å²) in [4.78, 5) is 40.7. The number of esters is 1. The second kappa shape index (κ2) is 11.0. The fourth-order valence-corrected chi connectivity index (χ4v) is 3.89. The van der Waals surface area contributed by atoms with Crippen molar-refractivity contribution in [2.75, 3.05) is 26.9 Å². The Morgan fingerprint density at radius 3 is 2.28 bits per heavy atom. The van der Waals surface area contributed by atoms with Crippen molar-refractivity contribution in [2.24, 2.45) is 0 Å². The molecule has 1 amide bonds. The summed E-state index contributed by atoms with van der Waals surface area (Å²) in [6, 6.07) is 4.35. The monoisotopic (exact) mass is 446 g/mol. The Morgan fingerprint density at radius 2 is 1.75 bits per heavy atom. The molecule has 0 spiro atoms. The van der Waals surface area contributed by atoms with E-state index in [1.54, 1.807) is 32.3 Å². The van der Waals surface area contributed by atoms with Gasteiger partial charge in [0, 0.05) is 37.0 Å². The van der Waals surface area contributed by atoms with Gasteiger partial charge >= 0.3 is 5.97 Å². The van der Waals surface area contributed by atoms with Crippen molar-refractivity contribution in [2.45, 2.75) is 47.2 Å². The van der Waals surface area contributed by atoms with Crippen LogP contribution in [0.4, 0.5) is 4.39 Å². The third kappa shape index (κ3) is 5.07. The lowest BCUT2D eigenvalue weighted by molar-refractivity contribution is 0.0512. The van der Waals surface area contributed by atoms with E-state index in [1.165, 1.54) is 36.3 Å². The van der Waals surface area contributed by atoms with Crippen molar-refractivity contribution in [1.82, 2.24) is 9.47 Å². The predicted octanol–water partition coefficient (Wildman–Crippen LogP) is 3.80. The lowest BCUT2D eigenvalue weighted by Gasteiger charge is -2.28. The second-order valence-corrected chi connectivity index (χ2v) is 7.44. The summed E-state index contributed by atoms with van der Waals surface area (Å²) in [5.74, 6) is -1.63. The van der Waals surface area contributed by atoms with Gasteiger partial charge in [-0.05, 0) is 64.4 Å². The first kappa shape index (κ1) is 25.3. The van der Waals surface area contributed by atoms with Crippen LogP contribution >= 0.6 is 0 Å². The number of methoxy groups -OCH3 is 1. The van der Waals surface area contributed by atoms with Crippen molar-refractivity contribution in [3.8, 4) is 0 Å². The van der Waals surface area contributed by atoms with E-state index >= 15 is 0 Å². The zero-order valence-electron chi connectivity index (χ0n) is 19.5. The van der Waals surface area contributed by atoms with Gasteiger partial charge in [0.15, 0.2) is 5.78 Å². The highest BCUT2D eigenvalue weighted by atomic mass is 19.1. The van der Waals surface area contributed by atoms with Crippen LogP contribution in [-0.2, 0) is 16.0 Å². The van der Waals surface area contributed by atoms with Gasteiger partial charge in [0.25, 0.3) is 5.91 Å². The molecule has 1 atom stereocenters. The molecule has 32 heavy (non-hydrogen) atoms. The normalized spacial score (nSPS) is 11.8. The number of nitrogens with zero attached hydrogens (tertiary/aromatic N) is 2. The first-order valence-electron chi connectivity index (χ1n) is 10.7. The Labute approximate surface area is 188 Å². The molecule has 7 nitrogen and oxygen atoms in total. The number of ketones is 1. The molecule has 0 aliphatic carbocycles. The topological polar surface area (TPSA) is 77.8 Å². The molecule has 174 valence electrons. The molecule has 0 bridgehead atoms. The molecule has 0 aliphatic rings. The zero-order valence-corrected chi connectivity index (χ0v) is 19.5. The molecule has 1 heterocycles. The smallest absolute Gasteiger partial charge is 0.355 e. The minimum atomic E-state index is -0.831. The lowest BCUT2D eigenvalue weighted by atomic mass is 9.99. The summed E-state index contributed by atoms with van der Waals surface area (Å²) in [6.45, 7) is 9.87. The number of aromatic nitrogens is 1. The Kier molecular flexibility index (Phi) is 8.72. The average molecular weight is 447 g/mol. The number of hydrogen-bond donors (Lipinski definition) is 0. The van der Waals surface area contributed by atoms with E-state index in [0.717, 1.165) is 0 Å². The van der Waals surface area contributed by atoms with Crippen molar-refractivity contribution < 1.29 is 28.2 Å². The number of Topliss-reactive ketones (excluding diaryl/α,β-unsaturated/α-hetero) is 1. The molecule has 0 radical (unpaired) electrons. The average Bonchev–Trinajstić information content (AvgIpc) is 3.03. The molecule has 1 aromatic carbocycles. The first-order chi connectivity index (χ1) is 15.2. The van der Waals surface area contributed by atoms with E-state index in [4.69, 9.17) is 9.47 Å². The molecule has 1 aromatic heterocycles. The number of carbonyl (C=O) groups is 3. The maximum Gasteiger partial charge on any atom is 0.355 e. The highest BCUT2D eigenvalue weighted by Crippen LogP contribution is 2.26. The molecule has 2 aromatic rings. The third-order valence-corrected chi connectivity index (χ3v) is 5.53. The molecule has 0 N–H and O–H groups in total. The molecule has 0 aliphatic heterocycles. The van der Waals surface area contributed by atoms with E-state index in [1.807, 2.05) is 6.92 Å². The standard InChI is InChI=1S/C24H31FN2O5/c1-7-26-16(4)20(15(3)21(26)24(30)32-8-2)22(28)17(5)27(13-14-31-6)23(29)18-9-11-19(25)12-10-18/h9-12,17H,7-8,13-14H2,1-6H3. The van der Waals surface area contributed by atoms with E-state index in [9.17, 15) is 18.8 Å². The summed E-state index contributed by atoms with van der Waals surface area (Å²) in [5, 5.41) is 0. The van der Waals surface area contributed by atoms with Crippen LogP contribution in [0.5, 0.6) is 0 Å². The number of amides is 1. The molecular formula is C24H31FN2O5. The Hall–Kier alpha value is -3.00. The van der Waals surface area contributed by atoms with Gasteiger partial charge in [-0.3, -0.25) is 9.59 Å². The second-order valence-electron chi connectivity index (χ2n) is 7.44. The van der Waals surface area contributed by atoms with Crippen LogP contribution in [0.2, 0.25) is 0 Å². The van der Waals surface area contributed by atoms with Crippen LogP contribution in [-0.4, -0.2) is 60.0 Å². The van der Waals surface area contributed by atoms with Gasteiger partial charge < -0.3 is 18.9 Å². The van der Waals surface area contributed by atoms with Crippen molar-refractivity contribution in [1.29, 1.82) is 0 Å². The molecule has 0 saturated heterocycles. The molecular weight excluding hydrogens is 415 g/mol. The Balaban J connectivity index is 2.47. The lowest BCUT2D eigenvalue weighted by Crippen LogP contribution is -2.45. The van der Waals surface area contributed by atoms with Crippen molar-refractivity contribution in [3.05, 3.63) is 58.2 Å². The van der Waals surface area contributed by atoms with E-state index < -0.39 is 23.7 Å². The maximum atomic E-state index is 13.6. The van der Waals surface area contributed by atoms with Gasteiger partial charge in [-0.25, -0.2) is 9.18 Å². The third-order valence-electron chi connectivity index (χ3n) is 5.53. The maximum absolute atomic E-state index is 13.6. The molecule has 1 unspecified atom stereocenters. The number of benzene rings is 1. The number of halogens is 1. The number of carbonyl (C=O) groups excluding carboxylic acids is 3. The Morgan fingerprint density at radius 1 is 1.12 bits per heavy atom. The number of hydrogen-bond acceptors (Lipinski definition) is 5. The SMILES string of the molecule is CCOC(=O)c1c(C)c(C(=O)C(C)N(CCOC)C(=O)c2ccc(F)cc2)c(C)n1CC. The summed E-state index contributed by atoms with van der Waals surface area (Å²) in [6.07, 6.45) is 0. The molecule has 8 heteroatoms. The number of rotatable bonds is 10. The van der Waals surface area contributed by atoms with Gasteiger partial charge in [0.05, 0.1) is 19.3 Å². The van der Waals surface area contributed by atoms with Crippen LogP contribution in [0.25, 0.3) is 0 Å². The van der Waals surface area contributed by atoms with Crippen LogP contribution in [0, 0.1) is 19.7 Å². The largest absolute Gasteiger partial charge is 0.461 e.